The molecule has 1 saturated heterocycles. The van der Waals surface area contributed by atoms with E-state index in [-0.39, 0.29) is 11.9 Å². The minimum Gasteiger partial charge on any atom is -0.493 e. The number of para-hydroxylation sites is 1. The number of rotatable bonds is 7. The highest BCUT2D eigenvalue weighted by molar-refractivity contribution is 5.96. The van der Waals surface area contributed by atoms with Gasteiger partial charge in [-0.2, -0.15) is 0 Å². The minimum absolute atomic E-state index is 0.0795. The zero-order valence-electron chi connectivity index (χ0n) is 14.8. The van der Waals surface area contributed by atoms with Gasteiger partial charge in [-0.25, -0.2) is 0 Å². The first-order valence-corrected chi connectivity index (χ1v) is 9.08. The van der Waals surface area contributed by atoms with Crippen molar-refractivity contribution >= 4 is 5.91 Å². The van der Waals surface area contributed by atoms with Crippen LogP contribution < -0.4 is 10.1 Å². The summed E-state index contributed by atoms with van der Waals surface area (Å²) in [5.74, 6) is 0.559. The summed E-state index contributed by atoms with van der Waals surface area (Å²) >= 11 is 0. The van der Waals surface area contributed by atoms with Gasteiger partial charge in [-0.05, 0) is 50.6 Å². The largest absolute Gasteiger partial charge is 0.493 e. The monoisotopic (exact) mass is 338 g/mol. The molecular weight excluding hydrogens is 312 g/mol. The maximum absolute atomic E-state index is 12.7. The van der Waals surface area contributed by atoms with E-state index in [1.54, 1.807) is 0 Å². The molecule has 1 atom stereocenters. The number of likely N-dealkylation sites (tertiary alicyclic amines) is 1. The van der Waals surface area contributed by atoms with Gasteiger partial charge in [-0.1, -0.05) is 42.5 Å². The molecule has 2 aromatic rings. The Morgan fingerprint density at radius 3 is 2.48 bits per heavy atom. The van der Waals surface area contributed by atoms with Crippen LogP contribution in [-0.4, -0.2) is 37.0 Å². The van der Waals surface area contributed by atoms with Gasteiger partial charge in [0.2, 0.25) is 0 Å². The fraction of sp³-hybridized carbons (Fsp3) is 0.381. The molecule has 0 unspecified atom stereocenters. The Kier molecular flexibility index (Phi) is 6.07. The molecule has 4 heteroatoms. The highest BCUT2D eigenvalue weighted by Crippen LogP contribution is 2.25. The molecule has 4 nitrogen and oxygen atoms in total. The number of nitrogens with zero attached hydrogens (tertiary/aromatic N) is 1. The summed E-state index contributed by atoms with van der Waals surface area (Å²) < 4.78 is 5.58. The van der Waals surface area contributed by atoms with Crippen LogP contribution in [0.1, 0.15) is 41.7 Å². The lowest BCUT2D eigenvalue weighted by Crippen LogP contribution is -2.36. The van der Waals surface area contributed by atoms with Crippen LogP contribution in [0.15, 0.2) is 54.6 Å². The van der Waals surface area contributed by atoms with E-state index in [0.717, 1.165) is 13.1 Å². The minimum atomic E-state index is -0.0795. The van der Waals surface area contributed by atoms with E-state index >= 15 is 0 Å². The Balaban J connectivity index is 1.72. The van der Waals surface area contributed by atoms with Gasteiger partial charge < -0.3 is 10.1 Å². The molecule has 0 aromatic heterocycles. The van der Waals surface area contributed by atoms with Crippen molar-refractivity contribution in [2.75, 3.05) is 26.2 Å². The average Bonchev–Trinajstić information content (AvgIpc) is 3.18. The smallest absolute Gasteiger partial charge is 0.255 e. The van der Waals surface area contributed by atoms with Crippen LogP contribution in [-0.2, 0) is 0 Å². The average molecular weight is 338 g/mol. The Bertz CT molecular complexity index is 681. The van der Waals surface area contributed by atoms with Gasteiger partial charge in [0.1, 0.15) is 5.75 Å². The topological polar surface area (TPSA) is 41.6 Å². The summed E-state index contributed by atoms with van der Waals surface area (Å²) in [5.41, 5.74) is 1.85. The second-order valence-electron chi connectivity index (χ2n) is 6.31. The van der Waals surface area contributed by atoms with Crippen molar-refractivity contribution < 1.29 is 9.53 Å². The van der Waals surface area contributed by atoms with Gasteiger partial charge in [0.05, 0.1) is 18.2 Å². The quantitative estimate of drug-likeness (QED) is 0.838. The van der Waals surface area contributed by atoms with E-state index in [9.17, 15) is 4.79 Å². The Morgan fingerprint density at radius 2 is 1.76 bits per heavy atom. The number of amides is 1. The molecule has 0 saturated carbocycles. The zero-order valence-corrected chi connectivity index (χ0v) is 14.8. The van der Waals surface area contributed by atoms with E-state index in [4.69, 9.17) is 4.74 Å². The molecule has 1 aliphatic rings. The van der Waals surface area contributed by atoms with Crippen molar-refractivity contribution in [3.8, 4) is 5.75 Å². The molecular formula is C21H26N2O2. The Morgan fingerprint density at radius 1 is 1.08 bits per heavy atom. The zero-order chi connectivity index (χ0) is 17.5. The third-order valence-corrected chi connectivity index (χ3v) is 4.65. The summed E-state index contributed by atoms with van der Waals surface area (Å²) in [7, 11) is 0. The predicted molar refractivity (Wildman–Crippen MR) is 99.9 cm³/mol. The second-order valence-corrected chi connectivity index (χ2v) is 6.31. The first-order chi connectivity index (χ1) is 12.3. The number of benzene rings is 2. The summed E-state index contributed by atoms with van der Waals surface area (Å²) in [6, 6.07) is 18.1. The van der Waals surface area contributed by atoms with Crippen LogP contribution in [0, 0.1) is 0 Å². The van der Waals surface area contributed by atoms with Gasteiger partial charge in [-0.3, -0.25) is 9.69 Å². The molecule has 1 amide bonds. The van der Waals surface area contributed by atoms with Crippen LogP contribution >= 0.6 is 0 Å². The van der Waals surface area contributed by atoms with Crippen molar-refractivity contribution in [1.29, 1.82) is 0 Å². The molecule has 1 heterocycles. The summed E-state index contributed by atoms with van der Waals surface area (Å²) in [5, 5.41) is 3.11. The normalized spacial score (nSPS) is 15.7. The van der Waals surface area contributed by atoms with Crippen molar-refractivity contribution in [3.63, 3.8) is 0 Å². The molecule has 2 aromatic carbocycles. The van der Waals surface area contributed by atoms with Crippen molar-refractivity contribution in [1.82, 2.24) is 10.2 Å². The second kappa shape index (κ2) is 8.67. The van der Waals surface area contributed by atoms with Crippen LogP contribution in [0.4, 0.5) is 0 Å². The molecule has 0 bridgehead atoms. The van der Waals surface area contributed by atoms with Crippen LogP contribution in [0.3, 0.4) is 0 Å². The van der Waals surface area contributed by atoms with Gasteiger partial charge in [-0.15, -0.1) is 0 Å². The fourth-order valence-corrected chi connectivity index (χ4v) is 3.41. The number of carbonyl (C=O) groups is 1. The molecule has 1 fully saturated rings. The highest BCUT2D eigenvalue weighted by atomic mass is 16.5. The van der Waals surface area contributed by atoms with Crippen molar-refractivity contribution in [3.05, 3.63) is 65.7 Å². The molecule has 0 aliphatic carbocycles. The van der Waals surface area contributed by atoms with Crippen LogP contribution in [0.25, 0.3) is 0 Å². The number of hydrogen-bond acceptors (Lipinski definition) is 3. The van der Waals surface area contributed by atoms with E-state index in [0.29, 0.717) is 24.5 Å². The van der Waals surface area contributed by atoms with Crippen molar-refractivity contribution in [2.24, 2.45) is 0 Å². The van der Waals surface area contributed by atoms with Crippen LogP contribution in [0.5, 0.6) is 5.75 Å². The van der Waals surface area contributed by atoms with E-state index in [1.807, 2.05) is 37.3 Å². The summed E-state index contributed by atoms with van der Waals surface area (Å²) in [4.78, 5) is 15.1. The van der Waals surface area contributed by atoms with Crippen LogP contribution in [0.2, 0.25) is 0 Å². The Hall–Kier alpha value is -2.33. The molecule has 1 aliphatic heterocycles. The predicted octanol–water partition coefficient (Wildman–Crippen LogP) is 3.65. The van der Waals surface area contributed by atoms with Gasteiger partial charge in [0.25, 0.3) is 5.91 Å². The molecule has 132 valence electrons. The van der Waals surface area contributed by atoms with E-state index < -0.39 is 0 Å². The van der Waals surface area contributed by atoms with Gasteiger partial charge in [0.15, 0.2) is 0 Å². The molecule has 0 radical (unpaired) electrons. The Labute approximate surface area is 149 Å². The maximum Gasteiger partial charge on any atom is 0.255 e. The summed E-state index contributed by atoms with van der Waals surface area (Å²) in [6.45, 7) is 5.25. The molecule has 0 spiro atoms. The number of nitrogens with one attached hydrogen (secondary N) is 1. The SMILES string of the molecule is CCOc1ccccc1C(=O)NC[C@@H](c1ccccc1)N1CCCC1. The maximum atomic E-state index is 12.7. The fourth-order valence-electron chi connectivity index (χ4n) is 3.41. The number of ether oxygens (including phenoxy) is 1. The van der Waals surface area contributed by atoms with Gasteiger partial charge in [0, 0.05) is 6.54 Å². The molecule has 25 heavy (non-hydrogen) atoms. The number of hydrogen-bond donors (Lipinski definition) is 1. The lowest BCUT2D eigenvalue weighted by molar-refractivity contribution is 0.0934. The summed E-state index contributed by atoms with van der Waals surface area (Å²) in [6.07, 6.45) is 2.45. The third kappa shape index (κ3) is 4.40. The first kappa shape index (κ1) is 17.5. The third-order valence-electron chi connectivity index (χ3n) is 4.65. The lowest BCUT2D eigenvalue weighted by Gasteiger charge is -2.28. The van der Waals surface area contributed by atoms with E-state index in [1.165, 1.54) is 18.4 Å². The molecule has 1 N–H and O–H groups in total. The molecule has 3 rings (SSSR count). The lowest BCUT2D eigenvalue weighted by atomic mass is 10.1. The standard InChI is InChI=1S/C21H26N2O2/c1-2-25-20-13-7-6-12-18(20)21(24)22-16-19(23-14-8-9-15-23)17-10-4-3-5-11-17/h3-7,10-13,19H,2,8-9,14-16H2,1H3,(H,22,24)/t19-/m0/s1. The first-order valence-electron chi connectivity index (χ1n) is 9.08. The highest BCUT2D eigenvalue weighted by Gasteiger charge is 2.24. The number of carbonyl (C=O) groups excluding carboxylic acids is 1. The van der Waals surface area contributed by atoms with Gasteiger partial charge >= 0.3 is 0 Å². The van der Waals surface area contributed by atoms with E-state index in [2.05, 4.69) is 34.5 Å². The van der Waals surface area contributed by atoms with Crippen molar-refractivity contribution in [2.45, 2.75) is 25.8 Å².